The van der Waals surface area contributed by atoms with Gasteiger partial charge in [0.15, 0.2) is 5.12 Å². The van der Waals surface area contributed by atoms with Gasteiger partial charge in [-0.05, 0) is 30.2 Å². The molecule has 0 radical (unpaired) electrons. The number of carbonyl (C=O) groups excluding carboxylic acids is 1. The zero-order valence-corrected chi connectivity index (χ0v) is 12.9. The molecule has 5 heteroatoms. The van der Waals surface area contributed by atoms with Crippen LogP contribution in [-0.4, -0.2) is 29.1 Å². The number of carboxylic acids is 1. The van der Waals surface area contributed by atoms with Crippen LogP contribution in [0.15, 0.2) is 30.4 Å². The summed E-state index contributed by atoms with van der Waals surface area (Å²) in [6.07, 6.45) is 7.32. The van der Waals surface area contributed by atoms with Crippen molar-refractivity contribution in [3.63, 3.8) is 0 Å². The summed E-state index contributed by atoms with van der Waals surface area (Å²) in [7, 11) is 1.54. The number of carbonyl (C=O) groups is 2. The highest BCUT2D eigenvalue weighted by Crippen LogP contribution is 2.22. The molecule has 0 spiro atoms. The SMILES string of the molecule is COc1ccc(C=CCCSC(C)=O)cc1/C=C/C(=O)O. The van der Waals surface area contributed by atoms with Crippen molar-refractivity contribution < 1.29 is 19.4 Å². The second-order valence-corrected chi connectivity index (χ2v) is 5.48. The third-order valence-corrected chi connectivity index (χ3v) is 3.41. The molecule has 112 valence electrons. The third-order valence-electron chi connectivity index (χ3n) is 2.56. The molecule has 0 aliphatic heterocycles. The maximum Gasteiger partial charge on any atom is 0.328 e. The third kappa shape index (κ3) is 6.81. The Morgan fingerprint density at radius 1 is 1.33 bits per heavy atom. The number of carboxylic acid groups (broad SMARTS) is 1. The predicted molar refractivity (Wildman–Crippen MR) is 86.5 cm³/mol. The number of rotatable bonds is 7. The Morgan fingerprint density at radius 3 is 2.71 bits per heavy atom. The van der Waals surface area contributed by atoms with Gasteiger partial charge in [0, 0.05) is 24.3 Å². The molecule has 0 aliphatic rings. The van der Waals surface area contributed by atoms with E-state index in [2.05, 4.69) is 0 Å². The van der Waals surface area contributed by atoms with Gasteiger partial charge in [-0.1, -0.05) is 30.0 Å². The molecule has 4 nitrogen and oxygen atoms in total. The standard InChI is InChI=1S/C16H18O4S/c1-12(17)21-10-4-3-5-13-6-8-15(20-2)14(11-13)7-9-16(18)19/h3,5-9,11H,4,10H2,1-2H3,(H,18,19)/b5-3?,9-7+. The number of hydrogen-bond donors (Lipinski definition) is 1. The van der Waals surface area contributed by atoms with E-state index in [1.54, 1.807) is 20.1 Å². The highest BCUT2D eigenvalue weighted by atomic mass is 32.2. The lowest BCUT2D eigenvalue weighted by molar-refractivity contribution is -0.131. The van der Waals surface area contributed by atoms with Crippen LogP contribution in [0.2, 0.25) is 0 Å². The van der Waals surface area contributed by atoms with E-state index in [0.717, 1.165) is 23.8 Å². The first-order valence-corrected chi connectivity index (χ1v) is 7.40. The molecule has 0 aliphatic carbocycles. The Bertz CT molecular complexity index is 561. The molecule has 0 saturated carbocycles. The Morgan fingerprint density at radius 2 is 2.10 bits per heavy atom. The van der Waals surface area contributed by atoms with Crippen molar-refractivity contribution in [1.82, 2.24) is 0 Å². The van der Waals surface area contributed by atoms with Crippen molar-refractivity contribution >= 4 is 35.0 Å². The molecule has 0 amide bonds. The lowest BCUT2D eigenvalue weighted by atomic mass is 10.1. The molecule has 0 bridgehead atoms. The van der Waals surface area contributed by atoms with Crippen LogP contribution in [0.5, 0.6) is 5.75 Å². The summed E-state index contributed by atoms with van der Waals surface area (Å²) in [4.78, 5) is 21.4. The van der Waals surface area contributed by atoms with Crippen LogP contribution in [-0.2, 0) is 9.59 Å². The van der Waals surface area contributed by atoms with Gasteiger partial charge in [-0.2, -0.15) is 0 Å². The quantitative estimate of drug-likeness (QED) is 0.617. The minimum atomic E-state index is -1.00. The van der Waals surface area contributed by atoms with E-state index in [4.69, 9.17) is 9.84 Å². The first-order chi connectivity index (χ1) is 10.0. The lowest BCUT2D eigenvalue weighted by Crippen LogP contribution is -1.90. The van der Waals surface area contributed by atoms with Crippen molar-refractivity contribution in [2.45, 2.75) is 13.3 Å². The summed E-state index contributed by atoms with van der Waals surface area (Å²) in [6.45, 7) is 1.55. The van der Waals surface area contributed by atoms with Crippen molar-refractivity contribution in [2.75, 3.05) is 12.9 Å². The van der Waals surface area contributed by atoms with Gasteiger partial charge < -0.3 is 9.84 Å². The zero-order valence-electron chi connectivity index (χ0n) is 12.0. The topological polar surface area (TPSA) is 63.6 Å². The monoisotopic (exact) mass is 306 g/mol. The summed E-state index contributed by atoms with van der Waals surface area (Å²) >= 11 is 1.30. The largest absolute Gasteiger partial charge is 0.496 e. The molecule has 1 aromatic carbocycles. The summed E-state index contributed by atoms with van der Waals surface area (Å²) in [6, 6.07) is 5.55. The van der Waals surface area contributed by atoms with Crippen molar-refractivity contribution in [2.24, 2.45) is 0 Å². The van der Waals surface area contributed by atoms with Crippen LogP contribution in [0, 0.1) is 0 Å². The van der Waals surface area contributed by atoms with Crippen molar-refractivity contribution in [3.8, 4) is 5.75 Å². The van der Waals surface area contributed by atoms with E-state index >= 15 is 0 Å². The second-order valence-electron chi connectivity index (χ2n) is 4.20. The molecule has 1 rings (SSSR count). The molecule has 0 atom stereocenters. The molecule has 0 heterocycles. The van der Waals surface area contributed by atoms with Gasteiger partial charge in [0.2, 0.25) is 0 Å². The average molecular weight is 306 g/mol. The van der Waals surface area contributed by atoms with E-state index < -0.39 is 5.97 Å². The fraction of sp³-hybridized carbons (Fsp3) is 0.250. The van der Waals surface area contributed by atoms with E-state index in [1.165, 1.54) is 17.8 Å². The Kier molecular flexibility index (Phi) is 7.32. The second kappa shape index (κ2) is 9.02. The number of aliphatic carboxylic acids is 1. The van der Waals surface area contributed by atoms with Crippen molar-refractivity contribution in [3.05, 3.63) is 41.5 Å². The number of benzene rings is 1. The number of allylic oxidation sites excluding steroid dienone is 1. The fourth-order valence-electron chi connectivity index (χ4n) is 1.64. The van der Waals surface area contributed by atoms with Gasteiger partial charge in [-0.15, -0.1) is 0 Å². The number of ether oxygens (including phenoxy) is 1. The van der Waals surface area contributed by atoms with Gasteiger partial charge >= 0.3 is 5.97 Å². The highest BCUT2D eigenvalue weighted by molar-refractivity contribution is 8.13. The summed E-state index contributed by atoms with van der Waals surface area (Å²) in [5, 5.41) is 8.80. The van der Waals surface area contributed by atoms with Crippen LogP contribution in [0.1, 0.15) is 24.5 Å². The van der Waals surface area contributed by atoms with Crippen LogP contribution in [0.4, 0.5) is 0 Å². The minimum absolute atomic E-state index is 0.119. The first kappa shape index (κ1) is 17.0. The molecule has 0 fully saturated rings. The van der Waals surface area contributed by atoms with Gasteiger partial charge in [0.1, 0.15) is 5.75 Å². The molecule has 1 N–H and O–H groups in total. The Labute approximate surface area is 128 Å². The van der Waals surface area contributed by atoms with E-state index in [0.29, 0.717) is 11.3 Å². The molecule has 0 unspecified atom stereocenters. The molecule has 1 aromatic rings. The maximum atomic E-state index is 10.8. The van der Waals surface area contributed by atoms with Gasteiger partial charge in [0.25, 0.3) is 0 Å². The molecular weight excluding hydrogens is 288 g/mol. The number of methoxy groups -OCH3 is 1. The lowest BCUT2D eigenvalue weighted by Gasteiger charge is -2.05. The Balaban J connectivity index is 2.75. The summed E-state index contributed by atoms with van der Waals surface area (Å²) in [5.41, 5.74) is 1.66. The number of hydrogen-bond acceptors (Lipinski definition) is 4. The maximum absolute atomic E-state index is 10.8. The Hall–Kier alpha value is -2.01. The predicted octanol–water partition coefficient (Wildman–Crippen LogP) is 3.48. The van der Waals surface area contributed by atoms with Crippen LogP contribution < -0.4 is 4.74 Å². The molecule has 0 saturated heterocycles. The van der Waals surface area contributed by atoms with Crippen LogP contribution in [0.3, 0.4) is 0 Å². The first-order valence-electron chi connectivity index (χ1n) is 6.42. The molecule has 0 aromatic heterocycles. The fourth-order valence-corrected chi connectivity index (χ4v) is 2.18. The van der Waals surface area contributed by atoms with Gasteiger partial charge in [-0.25, -0.2) is 4.79 Å². The van der Waals surface area contributed by atoms with E-state index in [-0.39, 0.29) is 5.12 Å². The molecular formula is C16H18O4S. The summed E-state index contributed by atoms with van der Waals surface area (Å²) in [5.74, 6) is 0.379. The van der Waals surface area contributed by atoms with Crippen LogP contribution >= 0.6 is 11.8 Å². The normalized spacial score (nSPS) is 11.1. The van der Waals surface area contributed by atoms with Gasteiger partial charge in [0.05, 0.1) is 7.11 Å². The van der Waals surface area contributed by atoms with Gasteiger partial charge in [-0.3, -0.25) is 4.79 Å². The van der Waals surface area contributed by atoms with Crippen molar-refractivity contribution in [1.29, 1.82) is 0 Å². The number of thioether (sulfide) groups is 1. The highest BCUT2D eigenvalue weighted by Gasteiger charge is 2.01. The zero-order chi connectivity index (χ0) is 15.7. The van der Waals surface area contributed by atoms with E-state index in [1.807, 2.05) is 24.3 Å². The van der Waals surface area contributed by atoms with Crippen LogP contribution in [0.25, 0.3) is 12.2 Å². The molecule has 21 heavy (non-hydrogen) atoms. The average Bonchev–Trinajstić information content (AvgIpc) is 2.44. The minimum Gasteiger partial charge on any atom is -0.496 e. The van der Waals surface area contributed by atoms with E-state index in [9.17, 15) is 9.59 Å². The smallest absolute Gasteiger partial charge is 0.328 e. The summed E-state index contributed by atoms with van der Waals surface area (Å²) < 4.78 is 5.19.